The number of hydrogen-bond donors (Lipinski definition) is 8. The maximum atomic E-state index is 9.00. The third-order valence-electron chi connectivity index (χ3n) is 0.256. The monoisotopic (exact) mass is 376 g/mol. The van der Waals surface area contributed by atoms with Crippen LogP contribution in [0.15, 0.2) is 0 Å². The molecule has 0 aliphatic heterocycles. The molecule has 0 aliphatic carbocycles. The summed E-state index contributed by atoms with van der Waals surface area (Å²) in [6.07, 6.45) is 0. The number of carboxylic acid groups (broad SMARTS) is 5. The van der Waals surface area contributed by atoms with Gasteiger partial charge in [0.15, 0.2) is 0 Å². The molecule has 9 N–H and O–H groups in total. The molecule has 0 saturated heterocycles. The SMILES string of the molecule is CC(=O)O.CC(=O)O.CC(=O)O.CC(=O)O.CC(=O)O.NCCNO. The van der Waals surface area contributed by atoms with Crippen molar-refractivity contribution in [2.75, 3.05) is 13.1 Å². The lowest BCUT2D eigenvalue weighted by atomic mass is 10.7. The molecule has 0 aromatic rings. The highest BCUT2D eigenvalue weighted by Gasteiger charge is 1.67. The molecule has 0 radical (unpaired) electrons. The van der Waals surface area contributed by atoms with Crippen molar-refractivity contribution in [3.63, 3.8) is 0 Å². The van der Waals surface area contributed by atoms with Gasteiger partial charge in [0, 0.05) is 47.7 Å². The molecule has 0 fully saturated rings. The maximum absolute atomic E-state index is 9.00. The summed E-state index contributed by atoms with van der Waals surface area (Å²) in [6.45, 7) is 6.37. The Bertz CT molecular complexity index is 254. The minimum Gasteiger partial charge on any atom is -0.481 e. The van der Waals surface area contributed by atoms with Crippen LogP contribution in [0, 0.1) is 0 Å². The van der Waals surface area contributed by atoms with Crippen molar-refractivity contribution < 1.29 is 54.7 Å². The molecule has 25 heavy (non-hydrogen) atoms. The van der Waals surface area contributed by atoms with Gasteiger partial charge in [0.1, 0.15) is 0 Å². The largest absolute Gasteiger partial charge is 0.481 e. The van der Waals surface area contributed by atoms with Crippen LogP contribution in [-0.2, 0) is 24.0 Å². The van der Waals surface area contributed by atoms with Crippen LogP contribution in [0.5, 0.6) is 0 Å². The first kappa shape index (κ1) is 38.0. The Morgan fingerprint density at radius 2 is 0.760 bits per heavy atom. The fourth-order valence-electron chi connectivity index (χ4n) is 0.0645. The summed E-state index contributed by atoms with van der Waals surface area (Å²) in [4.78, 5) is 45.0. The number of hydrogen-bond acceptors (Lipinski definition) is 8. The van der Waals surface area contributed by atoms with E-state index >= 15 is 0 Å². The van der Waals surface area contributed by atoms with Crippen molar-refractivity contribution in [3.8, 4) is 0 Å². The molecule has 0 saturated carbocycles. The van der Waals surface area contributed by atoms with Gasteiger partial charge in [-0.15, -0.1) is 0 Å². The Hall–Kier alpha value is -2.77. The molecule has 152 valence electrons. The first-order chi connectivity index (χ1) is 11.1. The highest BCUT2D eigenvalue weighted by Crippen LogP contribution is 1.43. The van der Waals surface area contributed by atoms with E-state index < -0.39 is 29.8 Å². The lowest BCUT2D eigenvalue weighted by Crippen LogP contribution is -2.17. The molecule has 13 nitrogen and oxygen atoms in total. The second kappa shape index (κ2) is 37.5. The Kier molecular flexibility index (Phi) is 57.0. The quantitative estimate of drug-likeness (QED) is 0.280. The van der Waals surface area contributed by atoms with E-state index in [0.29, 0.717) is 13.1 Å². The van der Waals surface area contributed by atoms with E-state index in [4.69, 9.17) is 60.4 Å². The summed E-state index contributed by atoms with van der Waals surface area (Å²) in [5.41, 5.74) is 6.81. The maximum Gasteiger partial charge on any atom is 0.300 e. The van der Waals surface area contributed by atoms with Crippen molar-refractivity contribution in [2.24, 2.45) is 5.73 Å². The predicted molar refractivity (Wildman–Crippen MR) is 85.4 cm³/mol. The van der Waals surface area contributed by atoms with Crippen LogP contribution in [0.2, 0.25) is 0 Å². The van der Waals surface area contributed by atoms with Gasteiger partial charge in [-0.25, -0.2) is 5.48 Å². The summed E-state index contributed by atoms with van der Waals surface area (Å²) in [5.74, 6) is -4.17. The molecule has 0 unspecified atom stereocenters. The number of nitrogens with one attached hydrogen (secondary N) is 1. The van der Waals surface area contributed by atoms with Crippen LogP contribution in [-0.4, -0.2) is 73.7 Å². The number of nitrogens with two attached hydrogens (primary N) is 1. The van der Waals surface area contributed by atoms with Crippen molar-refractivity contribution in [2.45, 2.75) is 34.6 Å². The Morgan fingerprint density at radius 1 is 0.640 bits per heavy atom. The Labute approximate surface area is 144 Å². The summed E-state index contributed by atoms with van der Waals surface area (Å²) in [7, 11) is 0. The molecular weight excluding hydrogens is 348 g/mol. The molecule has 0 rings (SSSR count). The fourth-order valence-corrected chi connectivity index (χ4v) is 0.0645. The Balaban J connectivity index is -0.0000000434. The zero-order valence-electron chi connectivity index (χ0n) is 14.7. The van der Waals surface area contributed by atoms with Gasteiger partial charge in [-0.05, 0) is 0 Å². The standard InChI is InChI=1S/C2H8N2O.5C2H4O2/c3-1-2-4-5;5*1-2(3)4/h4-5H,1-3H2;5*1H3,(H,3,4). The second-order valence-corrected chi connectivity index (χ2v) is 3.29. The van der Waals surface area contributed by atoms with Gasteiger partial charge in [0.25, 0.3) is 29.8 Å². The summed E-state index contributed by atoms with van der Waals surface area (Å²) < 4.78 is 0. The summed E-state index contributed by atoms with van der Waals surface area (Å²) >= 11 is 0. The van der Waals surface area contributed by atoms with Crippen LogP contribution in [0.4, 0.5) is 0 Å². The lowest BCUT2D eigenvalue weighted by Gasteiger charge is -1.84. The first-order valence-corrected chi connectivity index (χ1v) is 6.12. The Morgan fingerprint density at radius 3 is 0.760 bits per heavy atom. The summed E-state index contributed by atoms with van der Waals surface area (Å²) in [5, 5.41) is 44.8. The molecule has 13 heteroatoms. The van der Waals surface area contributed by atoms with E-state index in [2.05, 4.69) is 0 Å². The smallest absolute Gasteiger partial charge is 0.300 e. The average molecular weight is 376 g/mol. The molecule has 0 heterocycles. The van der Waals surface area contributed by atoms with Gasteiger partial charge in [-0.3, -0.25) is 24.0 Å². The van der Waals surface area contributed by atoms with Crippen molar-refractivity contribution >= 4 is 29.8 Å². The van der Waals surface area contributed by atoms with Crippen LogP contribution in [0.3, 0.4) is 0 Å². The van der Waals surface area contributed by atoms with E-state index in [9.17, 15) is 0 Å². The number of hydroxylamine groups is 1. The second-order valence-electron chi connectivity index (χ2n) is 3.29. The minimum atomic E-state index is -0.833. The summed E-state index contributed by atoms with van der Waals surface area (Å²) in [6, 6.07) is 0. The normalized spacial score (nSPS) is 6.68. The van der Waals surface area contributed by atoms with Gasteiger partial charge >= 0.3 is 0 Å². The van der Waals surface area contributed by atoms with Gasteiger partial charge in [0.05, 0.1) is 0 Å². The van der Waals surface area contributed by atoms with E-state index in [1.54, 1.807) is 0 Å². The molecular formula is C12H28N2O11. The van der Waals surface area contributed by atoms with Gasteiger partial charge < -0.3 is 36.5 Å². The van der Waals surface area contributed by atoms with E-state index in [-0.39, 0.29) is 0 Å². The van der Waals surface area contributed by atoms with Gasteiger partial charge in [-0.1, -0.05) is 0 Å². The van der Waals surface area contributed by atoms with Crippen LogP contribution in [0.1, 0.15) is 34.6 Å². The van der Waals surface area contributed by atoms with E-state index in [1.165, 1.54) is 0 Å². The van der Waals surface area contributed by atoms with Crippen LogP contribution >= 0.6 is 0 Å². The van der Waals surface area contributed by atoms with Crippen LogP contribution < -0.4 is 11.2 Å². The molecule has 0 aliphatic rings. The average Bonchev–Trinajstić information content (AvgIpc) is 2.25. The number of carboxylic acids is 5. The predicted octanol–water partition coefficient (Wildman–Crippen LogP) is -0.622. The molecule has 0 bridgehead atoms. The fraction of sp³-hybridized carbons (Fsp3) is 0.583. The van der Waals surface area contributed by atoms with E-state index in [0.717, 1.165) is 34.6 Å². The zero-order chi connectivity index (χ0) is 22.0. The minimum absolute atomic E-state index is 0.472. The third kappa shape index (κ3) is 13200. The lowest BCUT2D eigenvalue weighted by molar-refractivity contribution is -0.135. The zero-order valence-corrected chi connectivity index (χ0v) is 14.7. The molecule has 0 amide bonds. The van der Waals surface area contributed by atoms with Gasteiger partial charge in [0.2, 0.25) is 0 Å². The molecule has 0 aromatic heterocycles. The third-order valence-corrected chi connectivity index (χ3v) is 0.256. The molecule has 0 spiro atoms. The number of aliphatic carboxylic acids is 5. The highest BCUT2D eigenvalue weighted by molar-refractivity contribution is 5.63. The topological polar surface area (TPSA) is 245 Å². The van der Waals surface area contributed by atoms with E-state index in [1.807, 2.05) is 5.48 Å². The van der Waals surface area contributed by atoms with Crippen molar-refractivity contribution in [1.29, 1.82) is 0 Å². The van der Waals surface area contributed by atoms with Crippen molar-refractivity contribution in [3.05, 3.63) is 0 Å². The van der Waals surface area contributed by atoms with Crippen LogP contribution in [0.25, 0.3) is 0 Å². The first-order valence-electron chi connectivity index (χ1n) is 6.12. The van der Waals surface area contributed by atoms with Gasteiger partial charge in [-0.2, -0.15) is 0 Å². The molecule has 0 atom stereocenters. The molecule has 0 aromatic carbocycles. The number of carbonyl (C=O) groups is 5. The number of rotatable bonds is 2. The highest BCUT2D eigenvalue weighted by atomic mass is 16.5. The van der Waals surface area contributed by atoms with Crippen molar-refractivity contribution in [1.82, 2.24) is 5.48 Å².